The molecule has 0 atom stereocenters. The number of imidazole rings is 2. The van der Waals surface area contributed by atoms with E-state index in [0.29, 0.717) is 22.5 Å². The van der Waals surface area contributed by atoms with E-state index in [1.165, 1.54) is 16.7 Å². The Balaban J connectivity index is 1.80. The molecule has 2 aromatic carbocycles. The summed E-state index contributed by atoms with van der Waals surface area (Å²) in [7, 11) is 1.60. The van der Waals surface area contributed by atoms with Crippen LogP contribution in [0.4, 0.5) is 4.39 Å². The maximum absolute atomic E-state index is 13.4. The molecule has 3 heterocycles. The van der Waals surface area contributed by atoms with Gasteiger partial charge in [0.15, 0.2) is 11.2 Å². The lowest BCUT2D eigenvalue weighted by Crippen LogP contribution is -2.39. The largest absolute Gasteiger partial charge is 0.332 e. The van der Waals surface area contributed by atoms with Crippen molar-refractivity contribution in [2.24, 2.45) is 7.05 Å². The molecule has 0 saturated heterocycles. The molecular weight excluding hydrogens is 397 g/mol. The average molecular weight is 417 g/mol. The van der Waals surface area contributed by atoms with Crippen LogP contribution in [0.2, 0.25) is 0 Å². The van der Waals surface area contributed by atoms with E-state index in [4.69, 9.17) is 0 Å². The van der Waals surface area contributed by atoms with Crippen molar-refractivity contribution in [3.05, 3.63) is 98.2 Å². The molecule has 0 aliphatic rings. The molecule has 0 unspecified atom stereocenters. The first-order valence-electron chi connectivity index (χ1n) is 9.87. The number of aromatic nitrogens is 5. The number of benzene rings is 2. The fourth-order valence-electron chi connectivity index (χ4n) is 4.03. The molecule has 0 bridgehead atoms. The topological polar surface area (TPSA) is 66.2 Å². The van der Waals surface area contributed by atoms with E-state index in [0.717, 1.165) is 21.5 Å². The van der Waals surface area contributed by atoms with Gasteiger partial charge in [-0.2, -0.15) is 4.98 Å². The van der Waals surface area contributed by atoms with Gasteiger partial charge in [-0.25, -0.2) is 9.18 Å². The molecule has 0 spiro atoms. The van der Waals surface area contributed by atoms with Gasteiger partial charge in [0.1, 0.15) is 5.82 Å². The van der Waals surface area contributed by atoms with Crippen molar-refractivity contribution in [3.63, 3.8) is 0 Å². The predicted molar refractivity (Wildman–Crippen MR) is 117 cm³/mol. The maximum Gasteiger partial charge on any atom is 0.332 e. The van der Waals surface area contributed by atoms with E-state index >= 15 is 0 Å². The smallest absolute Gasteiger partial charge is 0.283 e. The van der Waals surface area contributed by atoms with Gasteiger partial charge in [0.05, 0.1) is 12.2 Å². The number of aryl methyl sites for hydroxylation is 3. The second-order valence-corrected chi connectivity index (χ2v) is 7.71. The van der Waals surface area contributed by atoms with E-state index in [2.05, 4.69) is 4.98 Å². The molecule has 0 fully saturated rings. The van der Waals surface area contributed by atoms with Crippen molar-refractivity contribution >= 4 is 16.9 Å². The van der Waals surface area contributed by atoms with Crippen LogP contribution in [-0.4, -0.2) is 23.1 Å². The fraction of sp³-hybridized carbons (Fsp3) is 0.174. The fourth-order valence-corrected chi connectivity index (χ4v) is 4.03. The van der Waals surface area contributed by atoms with Gasteiger partial charge in [-0.1, -0.05) is 30.3 Å². The third-order valence-electron chi connectivity index (χ3n) is 5.64. The van der Waals surface area contributed by atoms with E-state index in [1.54, 1.807) is 23.6 Å². The molecule has 5 rings (SSSR count). The molecule has 0 saturated carbocycles. The van der Waals surface area contributed by atoms with Crippen molar-refractivity contribution in [1.82, 2.24) is 23.1 Å². The Morgan fingerprint density at radius 3 is 2.42 bits per heavy atom. The maximum atomic E-state index is 13.4. The summed E-state index contributed by atoms with van der Waals surface area (Å²) < 4.78 is 19.5. The second kappa shape index (κ2) is 6.80. The number of halogens is 1. The lowest BCUT2D eigenvalue weighted by atomic mass is 10.2. The molecule has 0 N–H and O–H groups in total. The highest BCUT2D eigenvalue weighted by atomic mass is 19.1. The van der Waals surface area contributed by atoms with Crippen LogP contribution < -0.4 is 11.2 Å². The minimum Gasteiger partial charge on any atom is -0.283 e. The van der Waals surface area contributed by atoms with Crippen molar-refractivity contribution < 1.29 is 4.39 Å². The third kappa shape index (κ3) is 2.83. The van der Waals surface area contributed by atoms with Crippen LogP contribution in [0.5, 0.6) is 0 Å². The highest BCUT2D eigenvalue weighted by Crippen LogP contribution is 2.23. The lowest BCUT2D eigenvalue weighted by molar-refractivity contribution is 0.623. The van der Waals surface area contributed by atoms with Gasteiger partial charge in [-0.15, -0.1) is 0 Å². The quantitative estimate of drug-likeness (QED) is 0.453. The first-order valence-corrected chi connectivity index (χ1v) is 9.87. The molecule has 156 valence electrons. The van der Waals surface area contributed by atoms with E-state index in [1.807, 2.05) is 48.9 Å². The zero-order chi connectivity index (χ0) is 21.9. The molecule has 3 aromatic heterocycles. The molecule has 7 nitrogen and oxygen atoms in total. The average Bonchev–Trinajstić information content (AvgIpc) is 3.26. The summed E-state index contributed by atoms with van der Waals surface area (Å²) >= 11 is 0. The Kier molecular flexibility index (Phi) is 4.18. The lowest BCUT2D eigenvalue weighted by Gasteiger charge is -2.09. The standard InChI is InChI=1S/C23H20FN5O2/c1-14-6-4-5-7-18(14)29-15(2)12-27-19-20(25-22(27)29)26(3)23(31)28(21(19)30)13-16-8-10-17(24)11-9-16/h4-12H,13H2,1-3H3. The molecule has 0 amide bonds. The number of hydrogen-bond acceptors (Lipinski definition) is 3. The second-order valence-electron chi connectivity index (χ2n) is 7.71. The number of nitrogens with zero attached hydrogens (tertiary/aromatic N) is 5. The Morgan fingerprint density at radius 2 is 1.71 bits per heavy atom. The summed E-state index contributed by atoms with van der Waals surface area (Å²) in [6.07, 6.45) is 1.85. The summed E-state index contributed by atoms with van der Waals surface area (Å²) in [5, 5.41) is 0. The van der Waals surface area contributed by atoms with Crippen LogP contribution in [-0.2, 0) is 13.6 Å². The van der Waals surface area contributed by atoms with Gasteiger partial charge in [0.2, 0.25) is 5.78 Å². The van der Waals surface area contributed by atoms with Crippen LogP contribution in [0.1, 0.15) is 16.8 Å². The number of rotatable bonds is 3. The molecular formula is C23H20FN5O2. The van der Waals surface area contributed by atoms with Gasteiger partial charge in [0, 0.05) is 18.9 Å². The van der Waals surface area contributed by atoms with E-state index < -0.39 is 11.2 Å². The Morgan fingerprint density at radius 1 is 1.00 bits per heavy atom. The summed E-state index contributed by atoms with van der Waals surface area (Å²) in [5.74, 6) is 0.193. The van der Waals surface area contributed by atoms with Crippen molar-refractivity contribution in [1.29, 1.82) is 0 Å². The monoisotopic (exact) mass is 417 g/mol. The number of para-hydroxylation sites is 1. The molecule has 5 aromatic rings. The molecule has 0 radical (unpaired) electrons. The SMILES string of the molecule is Cc1ccccc1-n1c(C)cn2c3c(=O)n(Cc4ccc(F)cc4)c(=O)n(C)c3nc12. The molecule has 31 heavy (non-hydrogen) atoms. The van der Waals surface area contributed by atoms with E-state index in [-0.39, 0.29) is 12.4 Å². The minimum atomic E-state index is -0.471. The van der Waals surface area contributed by atoms with Gasteiger partial charge in [-0.3, -0.25) is 22.9 Å². The zero-order valence-electron chi connectivity index (χ0n) is 17.3. The Labute approximate surface area is 176 Å². The van der Waals surface area contributed by atoms with Gasteiger partial charge >= 0.3 is 5.69 Å². The highest BCUT2D eigenvalue weighted by molar-refractivity contribution is 5.76. The first-order chi connectivity index (χ1) is 14.9. The van der Waals surface area contributed by atoms with E-state index in [9.17, 15) is 14.0 Å². The first kappa shape index (κ1) is 19.0. The Hall–Kier alpha value is -3.94. The number of hydrogen-bond donors (Lipinski definition) is 0. The highest BCUT2D eigenvalue weighted by Gasteiger charge is 2.21. The summed E-state index contributed by atoms with van der Waals surface area (Å²) in [6, 6.07) is 13.7. The van der Waals surface area contributed by atoms with Crippen LogP contribution in [0, 0.1) is 19.7 Å². The summed E-state index contributed by atoms with van der Waals surface area (Å²) in [5.41, 5.74) is 3.35. The van der Waals surface area contributed by atoms with Crippen molar-refractivity contribution in [3.8, 4) is 5.69 Å². The van der Waals surface area contributed by atoms with Crippen LogP contribution in [0.15, 0.2) is 64.3 Å². The number of fused-ring (bicyclic) bond motifs is 3. The zero-order valence-corrected chi connectivity index (χ0v) is 17.3. The Bertz CT molecular complexity index is 1590. The van der Waals surface area contributed by atoms with Crippen LogP contribution in [0.25, 0.3) is 22.6 Å². The van der Waals surface area contributed by atoms with Gasteiger partial charge in [-0.05, 0) is 43.2 Å². The third-order valence-corrected chi connectivity index (χ3v) is 5.64. The summed E-state index contributed by atoms with van der Waals surface area (Å²) in [6.45, 7) is 4.01. The normalized spacial score (nSPS) is 11.6. The summed E-state index contributed by atoms with van der Waals surface area (Å²) in [4.78, 5) is 31.0. The minimum absolute atomic E-state index is 0.0481. The van der Waals surface area contributed by atoms with Crippen LogP contribution >= 0.6 is 0 Å². The predicted octanol–water partition coefficient (Wildman–Crippen LogP) is 2.94. The van der Waals surface area contributed by atoms with Gasteiger partial charge in [0.25, 0.3) is 5.56 Å². The van der Waals surface area contributed by atoms with Gasteiger partial charge < -0.3 is 0 Å². The van der Waals surface area contributed by atoms with Crippen molar-refractivity contribution in [2.45, 2.75) is 20.4 Å². The molecule has 0 aliphatic carbocycles. The van der Waals surface area contributed by atoms with Crippen molar-refractivity contribution in [2.75, 3.05) is 0 Å². The molecule has 8 heteroatoms. The van der Waals surface area contributed by atoms with Crippen LogP contribution in [0.3, 0.4) is 0 Å². The molecule has 0 aliphatic heterocycles.